The molecular formula is C19H25NO. The second-order valence-electron chi connectivity index (χ2n) is 5.99. The summed E-state index contributed by atoms with van der Waals surface area (Å²) in [5.41, 5.74) is 2.52. The van der Waals surface area contributed by atoms with Gasteiger partial charge in [0.2, 0.25) is 0 Å². The lowest BCUT2D eigenvalue weighted by molar-refractivity contribution is 0.0800. The van der Waals surface area contributed by atoms with Gasteiger partial charge in [0.25, 0.3) is 0 Å². The number of likely N-dealkylation sites (N-methyl/N-ethyl adjacent to an activating group) is 1. The van der Waals surface area contributed by atoms with Gasteiger partial charge in [-0.25, -0.2) is 0 Å². The molecule has 0 spiro atoms. The molecule has 0 heterocycles. The highest BCUT2D eigenvalue weighted by Crippen LogP contribution is 2.33. The molecule has 2 aromatic carbocycles. The first-order valence-electron chi connectivity index (χ1n) is 7.52. The van der Waals surface area contributed by atoms with Gasteiger partial charge in [-0.15, -0.1) is 0 Å². The lowest BCUT2D eigenvalue weighted by Gasteiger charge is -2.30. The van der Waals surface area contributed by atoms with E-state index in [1.165, 1.54) is 11.1 Å². The second-order valence-corrected chi connectivity index (χ2v) is 5.99. The zero-order valence-electron chi connectivity index (χ0n) is 13.1. The Labute approximate surface area is 128 Å². The number of hydrogen-bond donors (Lipinski definition) is 1. The molecule has 2 rings (SSSR count). The van der Waals surface area contributed by atoms with Crippen LogP contribution in [0, 0.1) is 5.92 Å². The molecule has 0 bridgehead atoms. The third-order valence-electron chi connectivity index (χ3n) is 4.00. The Kier molecular flexibility index (Phi) is 5.54. The van der Waals surface area contributed by atoms with E-state index in [-0.39, 0.29) is 17.9 Å². The maximum atomic E-state index is 10.5. The fourth-order valence-electron chi connectivity index (χ4n) is 2.88. The van der Waals surface area contributed by atoms with Crippen molar-refractivity contribution in [3.05, 3.63) is 71.8 Å². The van der Waals surface area contributed by atoms with Crippen LogP contribution in [0.15, 0.2) is 60.7 Å². The van der Waals surface area contributed by atoms with Crippen molar-refractivity contribution in [2.24, 2.45) is 5.92 Å². The van der Waals surface area contributed by atoms with Crippen LogP contribution < -0.4 is 0 Å². The average Bonchev–Trinajstić information content (AvgIpc) is 2.49. The first-order chi connectivity index (χ1) is 10.1. The molecule has 0 saturated carbocycles. The maximum Gasteiger partial charge on any atom is 0.0701 e. The van der Waals surface area contributed by atoms with Gasteiger partial charge >= 0.3 is 0 Å². The molecule has 0 aliphatic carbocycles. The molecule has 0 fully saturated rings. The summed E-state index contributed by atoms with van der Waals surface area (Å²) >= 11 is 0. The third kappa shape index (κ3) is 4.16. The molecule has 0 aromatic heterocycles. The predicted octanol–water partition coefficient (Wildman–Crippen LogP) is 3.38. The zero-order chi connectivity index (χ0) is 15.2. The van der Waals surface area contributed by atoms with E-state index in [4.69, 9.17) is 0 Å². The minimum Gasteiger partial charge on any atom is -0.391 e. The lowest BCUT2D eigenvalue weighted by Crippen LogP contribution is -2.34. The first kappa shape index (κ1) is 15.7. The first-order valence-corrected chi connectivity index (χ1v) is 7.52. The summed E-state index contributed by atoms with van der Waals surface area (Å²) in [6.07, 6.45) is -0.356. The van der Waals surface area contributed by atoms with Crippen LogP contribution in [-0.2, 0) is 0 Å². The largest absolute Gasteiger partial charge is 0.391 e. The van der Waals surface area contributed by atoms with E-state index >= 15 is 0 Å². The van der Waals surface area contributed by atoms with Crippen molar-refractivity contribution >= 4 is 0 Å². The van der Waals surface area contributed by atoms with E-state index in [0.29, 0.717) is 6.54 Å². The van der Waals surface area contributed by atoms with Gasteiger partial charge < -0.3 is 10.0 Å². The van der Waals surface area contributed by atoms with Crippen molar-refractivity contribution in [3.63, 3.8) is 0 Å². The molecule has 0 saturated heterocycles. The van der Waals surface area contributed by atoms with Crippen molar-refractivity contribution in [1.82, 2.24) is 4.90 Å². The summed E-state index contributed by atoms with van der Waals surface area (Å²) in [5.74, 6) is 0.361. The van der Waals surface area contributed by atoms with E-state index in [0.717, 1.165) is 0 Å². The van der Waals surface area contributed by atoms with Crippen molar-refractivity contribution in [2.75, 3.05) is 20.6 Å². The summed E-state index contributed by atoms with van der Waals surface area (Å²) in [5, 5.41) is 10.5. The maximum absolute atomic E-state index is 10.5. The Morgan fingerprint density at radius 1 is 0.857 bits per heavy atom. The smallest absolute Gasteiger partial charge is 0.0701 e. The van der Waals surface area contributed by atoms with Crippen molar-refractivity contribution in [1.29, 1.82) is 0 Å². The van der Waals surface area contributed by atoms with Crippen LogP contribution in [0.2, 0.25) is 0 Å². The molecule has 2 unspecified atom stereocenters. The van der Waals surface area contributed by atoms with Gasteiger partial charge in [-0.05, 0) is 31.1 Å². The summed E-state index contributed by atoms with van der Waals surface area (Å²) < 4.78 is 0. The quantitative estimate of drug-likeness (QED) is 0.878. The molecular weight excluding hydrogens is 258 g/mol. The van der Waals surface area contributed by atoms with Gasteiger partial charge in [0.05, 0.1) is 6.10 Å². The van der Waals surface area contributed by atoms with E-state index < -0.39 is 0 Å². The average molecular weight is 283 g/mol. The van der Waals surface area contributed by atoms with Gasteiger partial charge in [-0.2, -0.15) is 0 Å². The number of benzene rings is 2. The van der Waals surface area contributed by atoms with Crippen LogP contribution in [0.3, 0.4) is 0 Å². The number of nitrogens with zero attached hydrogens (tertiary/aromatic N) is 1. The van der Waals surface area contributed by atoms with Crippen LogP contribution in [-0.4, -0.2) is 36.8 Å². The molecule has 0 radical (unpaired) electrons. The molecule has 0 aliphatic rings. The van der Waals surface area contributed by atoms with E-state index in [1.807, 2.05) is 31.1 Å². The molecule has 112 valence electrons. The Bertz CT molecular complexity index is 484. The standard InChI is InChI=1S/C19H25NO/c1-15(18(21)14-20(2)3)19(16-10-6-4-7-11-16)17-12-8-5-9-13-17/h4-13,15,18-19,21H,14H2,1-3H3. The lowest BCUT2D eigenvalue weighted by atomic mass is 9.79. The molecule has 1 N–H and O–H groups in total. The minimum atomic E-state index is -0.356. The number of aliphatic hydroxyl groups excluding tert-OH is 1. The van der Waals surface area contributed by atoms with Crippen molar-refractivity contribution < 1.29 is 5.11 Å². The monoisotopic (exact) mass is 283 g/mol. The molecule has 0 amide bonds. The molecule has 2 aromatic rings. The highest BCUT2D eigenvalue weighted by molar-refractivity contribution is 5.33. The van der Waals surface area contributed by atoms with Crippen molar-refractivity contribution in [3.8, 4) is 0 Å². The van der Waals surface area contributed by atoms with Crippen LogP contribution in [0.1, 0.15) is 24.0 Å². The Hall–Kier alpha value is -1.64. The van der Waals surface area contributed by atoms with Gasteiger partial charge in [0, 0.05) is 12.5 Å². The minimum absolute atomic E-state index is 0.150. The normalized spacial score (nSPS) is 14.4. The Morgan fingerprint density at radius 3 is 1.67 bits per heavy atom. The molecule has 21 heavy (non-hydrogen) atoms. The predicted molar refractivity (Wildman–Crippen MR) is 88.5 cm³/mol. The summed E-state index contributed by atoms with van der Waals surface area (Å²) in [7, 11) is 3.99. The van der Waals surface area contributed by atoms with E-state index in [1.54, 1.807) is 0 Å². The molecule has 2 nitrogen and oxygen atoms in total. The summed E-state index contributed by atoms with van der Waals surface area (Å²) in [6.45, 7) is 2.82. The second kappa shape index (κ2) is 7.39. The summed E-state index contributed by atoms with van der Waals surface area (Å²) in [6, 6.07) is 20.9. The fraction of sp³-hybridized carbons (Fsp3) is 0.368. The van der Waals surface area contributed by atoms with Crippen LogP contribution >= 0.6 is 0 Å². The van der Waals surface area contributed by atoms with Gasteiger partial charge in [0.15, 0.2) is 0 Å². The van der Waals surface area contributed by atoms with Crippen LogP contribution in [0.25, 0.3) is 0 Å². The fourth-order valence-corrected chi connectivity index (χ4v) is 2.88. The highest BCUT2D eigenvalue weighted by Gasteiger charge is 2.27. The summed E-state index contributed by atoms with van der Waals surface area (Å²) in [4.78, 5) is 2.04. The Balaban J connectivity index is 2.33. The molecule has 2 atom stereocenters. The van der Waals surface area contributed by atoms with Crippen LogP contribution in [0.4, 0.5) is 0 Å². The number of rotatable bonds is 6. The Morgan fingerprint density at radius 2 is 1.29 bits per heavy atom. The topological polar surface area (TPSA) is 23.5 Å². The van der Waals surface area contributed by atoms with E-state index in [9.17, 15) is 5.11 Å². The van der Waals surface area contributed by atoms with E-state index in [2.05, 4.69) is 55.5 Å². The number of hydrogen-bond acceptors (Lipinski definition) is 2. The molecule has 0 aliphatic heterocycles. The van der Waals surface area contributed by atoms with Gasteiger partial charge in [-0.3, -0.25) is 0 Å². The van der Waals surface area contributed by atoms with Gasteiger partial charge in [0.1, 0.15) is 0 Å². The number of aliphatic hydroxyl groups is 1. The van der Waals surface area contributed by atoms with Crippen LogP contribution in [0.5, 0.6) is 0 Å². The van der Waals surface area contributed by atoms with Gasteiger partial charge in [-0.1, -0.05) is 67.6 Å². The third-order valence-corrected chi connectivity index (χ3v) is 4.00. The van der Waals surface area contributed by atoms with Crippen molar-refractivity contribution in [2.45, 2.75) is 18.9 Å². The molecule has 2 heteroatoms. The SMILES string of the molecule is CC(C(O)CN(C)C)C(c1ccccc1)c1ccccc1. The highest BCUT2D eigenvalue weighted by atomic mass is 16.3. The zero-order valence-corrected chi connectivity index (χ0v) is 13.1.